The Balaban J connectivity index is 3.75. The van der Waals surface area contributed by atoms with Crippen molar-refractivity contribution in [3.05, 3.63) is 12.1 Å². The Bertz CT molecular complexity index is 116. The highest BCUT2D eigenvalue weighted by Gasteiger charge is 1.75. The van der Waals surface area contributed by atoms with Gasteiger partial charge in [-0.3, -0.25) is 4.79 Å². The van der Waals surface area contributed by atoms with Crippen LogP contribution in [-0.2, 0) is 4.79 Å². The van der Waals surface area contributed by atoms with Crippen molar-refractivity contribution in [3.8, 4) is 0 Å². The fourth-order valence-electron chi connectivity index (χ4n) is 0.246. The maximum absolute atomic E-state index is 10.2. The molecule has 0 bridgehead atoms. The minimum absolute atomic E-state index is 0.0446. The summed E-state index contributed by atoms with van der Waals surface area (Å²) < 4.78 is 6.99. The van der Waals surface area contributed by atoms with E-state index in [1.807, 2.05) is 6.92 Å². The molecule has 0 saturated carbocycles. The lowest BCUT2D eigenvalue weighted by atomic mass is 10.3. The molecule has 1 nitrogen and oxygen atoms in total. The van der Waals surface area contributed by atoms with Crippen LogP contribution in [0.5, 0.6) is 0 Å². The van der Waals surface area contributed by atoms with Gasteiger partial charge in [-0.25, -0.2) is 0 Å². The van der Waals surface area contributed by atoms with E-state index in [1.165, 1.54) is 13.0 Å². The van der Waals surface area contributed by atoms with Gasteiger partial charge in [0.05, 0.1) is 1.37 Å². The second-order valence-electron chi connectivity index (χ2n) is 1.31. The maximum atomic E-state index is 10.2. The Morgan fingerprint density at radius 3 is 2.71 bits per heavy atom. The molecule has 0 aliphatic heterocycles. The van der Waals surface area contributed by atoms with Crippen LogP contribution in [0.3, 0.4) is 0 Å². The van der Waals surface area contributed by atoms with E-state index in [9.17, 15) is 4.79 Å². The number of carbonyl (C=O) groups is 1. The van der Waals surface area contributed by atoms with Gasteiger partial charge in [-0.1, -0.05) is 13.0 Å². The third kappa shape index (κ3) is 5.41. The highest BCUT2D eigenvalue weighted by atomic mass is 16.1. The first-order valence-corrected chi connectivity index (χ1v) is 2.34. The highest BCUT2D eigenvalue weighted by Crippen LogP contribution is 1.78. The first-order chi connectivity index (χ1) is 3.66. The number of ketones is 1. The Kier molecular flexibility index (Phi) is 2.34. The lowest BCUT2D eigenvalue weighted by molar-refractivity contribution is -0.112. The molecule has 0 rings (SSSR count). The second-order valence-corrected chi connectivity index (χ2v) is 1.31. The summed E-state index contributed by atoms with van der Waals surface area (Å²) in [5, 5.41) is 0. The Morgan fingerprint density at radius 1 is 2.00 bits per heavy atom. The van der Waals surface area contributed by atoms with E-state index < -0.39 is 0 Å². The second kappa shape index (κ2) is 3.59. The zero-order valence-corrected chi connectivity index (χ0v) is 4.69. The molecular formula is C6H10O. The number of carbonyl (C=O) groups excluding carboxylic acids is 1. The fraction of sp³-hybridized carbons (Fsp3) is 0.500. The van der Waals surface area contributed by atoms with Crippen LogP contribution in [0.4, 0.5) is 0 Å². The maximum Gasteiger partial charge on any atom is 0.152 e. The van der Waals surface area contributed by atoms with Crippen molar-refractivity contribution in [2.45, 2.75) is 20.3 Å². The summed E-state index contributed by atoms with van der Waals surface area (Å²) in [4.78, 5) is 10.2. The molecule has 0 aromatic heterocycles. The number of allylic oxidation sites excluding steroid dienone is 2. The number of hydrogen-bond donors (Lipinski definition) is 0. The van der Waals surface area contributed by atoms with Crippen molar-refractivity contribution in [3.63, 3.8) is 0 Å². The molecule has 0 aliphatic rings. The van der Waals surface area contributed by atoms with Gasteiger partial charge >= 0.3 is 0 Å². The van der Waals surface area contributed by atoms with Gasteiger partial charge in [0.2, 0.25) is 0 Å². The van der Waals surface area contributed by atoms with Gasteiger partial charge in [0.15, 0.2) is 5.78 Å². The van der Waals surface area contributed by atoms with Gasteiger partial charge in [0, 0.05) is 0 Å². The third-order valence-electron chi connectivity index (χ3n) is 0.509. The molecule has 0 atom stereocenters. The van der Waals surface area contributed by atoms with Gasteiger partial charge in [-0.05, 0) is 19.4 Å². The van der Waals surface area contributed by atoms with Crippen LogP contribution in [0.15, 0.2) is 12.1 Å². The molecule has 0 aliphatic carbocycles. The first-order valence-electron chi connectivity index (χ1n) is 2.84. The van der Waals surface area contributed by atoms with Crippen molar-refractivity contribution in [1.29, 1.82) is 0 Å². The molecule has 0 N–H and O–H groups in total. The molecule has 0 spiro atoms. The molecule has 40 valence electrons. The minimum atomic E-state index is -0.0446. The molecule has 0 amide bonds. The molecule has 0 aromatic carbocycles. The summed E-state index contributed by atoms with van der Waals surface area (Å²) in [5.41, 5.74) is 0. The van der Waals surface area contributed by atoms with Crippen LogP contribution in [0.2, 0.25) is 0 Å². The minimum Gasteiger partial charge on any atom is -0.295 e. The van der Waals surface area contributed by atoms with Crippen LogP contribution in [0.1, 0.15) is 21.6 Å². The van der Waals surface area contributed by atoms with Crippen molar-refractivity contribution < 1.29 is 6.17 Å². The summed E-state index contributed by atoms with van der Waals surface area (Å²) in [6, 6.07) is 0.400. The topological polar surface area (TPSA) is 17.1 Å². The summed E-state index contributed by atoms with van der Waals surface area (Å²) in [7, 11) is 0. The predicted octanol–water partition coefficient (Wildman–Crippen LogP) is 1.54. The van der Waals surface area contributed by atoms with Crippen LogP contribution < -0.4 is 0 Å². The monoisotopic (exact) mass is 99.1 g/mol. The SMILES string of the molecule is [2H]C(=CC(C)=O)CC. The van der Waals surface area contributed by atoms with Crippen LogP contribution >= 0.6 is 0 Å². The quantitative estimate of drug-likeness (QED) is 0.480. The smallest absolute Gasteiger partial charge is 0.152 e. The average Bonchev–Trinajstić information content (AvgIpc) is 1.65. The van der Waals surface area contributed by atoms with Gasteiger partial charge in [0.1, 0.15) is 0 Å². The van der Waals surface area contributed by atoms with Crippen LogP contribution in [0, 0.1) is 0 Å². The highest BCUT2D eigenvalue weighted by molar-refractivity contribution is 5.87. The largest absolute Gasteiger partial charge is 0.295 e. The molecule has 7 heavy (non-hydrogen) atoms. The van der Waals surface area contributed by atoms with E-state index in [0.717, 1.165) is 0 Å². The van der Waals surface area contributed by atoms with Crippen LogP contribution in [-0.4, -0.2) is 5.78 Å². The van der Waals surface area contributed by atoms with Gasteiger partial charge in [-0.15, -0.1) is 0 Å². The first kappa shape index (κ1) is 4.57. The van der Waals surface area contributed by atoms with Gasteiger partial charge in [0.25, 0.3) is 0 Å². The molecule has 0 radical (unpaired) electrons. The lowest BCUT2D eigenvalue weighted by Crippen LogP contribution is -1.77. The van der Waals surface area contributed by atoms with Gasteiger partial charge < -0.3 is 0 Å². The standard InChI is InChI=1S/C6H10O/c1-3-4-5-6(2)7/h4-5H,3H2,1-2H3/i4D. The number of hydrogen-bond acceptors (Lipinski definition) is 1. The van der Waals surface area contributed by atoms with E-state index in [4.69, 9.17) is 1.37 Å². The predicted molar refractivity (Wildman–Crippen MR) is 30.1 cm³/mol. The molecule has 1 heteroatoms. The normalized spacial score (nSPS) is 13.4. The zero-order valence-electron chi connectivity index (χ0n) is 5.69. The van der Waals surface area contributed by atoms with E-state index in [0.29, 0.717) is 12.5 Å². The summed E-state index contributed by atoms with van der Waals surface area (Å²) >= 11 is 0. The molecular weight excluding hydrogens is 88.1 g/mol. The number of rotatable bonds is 2. The van der Waals surface area contributed by atoms with Crippen molar-refractivity contribution in [1.82, 2.24) is 0 Å². The third-order valence-corrected chi connectivity index (χ3v) is 0.509. The summed E-state index contributed by atoms with van der Waals surface area (Å²) in [6.45, 7) is 3.30. The zero-order chi connectivity index (χ0) is 6.57. The van der Waals surface area contributed by atoms with Crippen molar-refractivity contribution >= 4 is 5.78 Å². The summed E-state index contributed by atoms with van der Waals surface area (Å²) in [6.07, 6.45) is 1.97. The van der Waals surface area contributed by atoms with Crippen molar-refractivity contribution in [2.75, 3.05) is 0 Å². The lowest BCUT2D eigenvalue weighted by Gasteiger charge is -1.73. The van der Waals surface area contributed by atoms with E-state index >= 15 is 0 Å². The van der Waals surface area contributed by atoms with E-state index in [2.05, 4.69) is 0 Å². The molecule has 0 fully saturated rings. The molecule has 0 saturated heterocycles. The Labute approximate surface area is 45.4 Å². The Morgan fingerprint density at radius 2 is 2.57 bits per heavy atom. The molecule has 0 unspecified atom stereocenters. The van der Waals surface area contributed by atoms with E-state index in [-0.39, 0.29) is 5.78 Å². The van der Waals surface area contributed by atoms with Crippen LogP contribution in [0.25, 0.3) is 0 Å². The van der Waals surface area contributed by atoms with Crippen molar-refractivity contribution in [2.24, 2.45) is 0 Å². The Hall–Kier alpha value is -0.590. The fourth-order valence-corrected chi connectivity index (χ4v) is 0.246. The summed E-state index contributed by atoms with van der Waals surface area (Å²) in [5.74, 6) is -0.0446. The van der Waals surface area contributed by atoms with E-state index in [1.54, 1.807) is 0 Å². The molecule has 0 aromatic rings. The molecule has 0 heterocycles. The van der Waals surface area contributed by atoms with Gasteiger partial charge in [-0.2, -0.15) is 0 Å². The average molecular weight is 99.2 g/mol.